The molecular formula is C14H20ClN3S. The number of halogens is 1. The molecule has 104 valence electrons. The quantitative estimate of drug-likeness (QED) is 0.611. The fourth-order valence-electron chi connectivity index (χ4n) is 3.08. The minimum Gasteiger partial charge on any atom is -0.356 e. The highest BCUT2D eigenvalue weighted by molar-refractivity contribution is 7.99. The van der Waals surface area contributed by atoms with Crippen molar-refractivity contribution in [2.75, 3.05) is 17.7 Å². The maximum absolute atomic E-state index is 6.09. The van der Waals surface area contributed by atoms with Crippen LogP contribution in [0.1, 0.15) is 44.2 Å². The molecular weight excluding hydrogens is 278 g/mol. The molecule has 1 fully saturated rings. The number of hydrogen-bond donors (Lipinski definition) is 0. The van der Waals surface area contributed by atoms with Crippen molar-refractivity contribution in [2.24, 2.45) is 0 Å². The number of aryl methyl sites for hydroxylation is 1. The van der Waals surface area contributed by atoms with E-state index in [1.807, 2.05) is 11.8 Å². The molecule has 0 saturated heterocycles. The zero-order valence-corrected chi connectivity index (χ0v) is 12.9. The summed E-state index contributed by atoms with van der Waals surface area (Å²) >= 11 is 7.96. The van der Waals surface area contributed by atoms with Gasteiger partial charge in [0.1, 0.15) is 5.82 Å². The van der Waals surface area contributed by atoms with E-state index in [0.717, 1.165) is 23.7 Å². The Hall–Kier alpha value is -0.480. The van der Waals surface area contributed by atoms with Gasteiger partial charge in [-0.25, -0.2) is 4.98 Å². The van der Waals surface area contributed by atoms with Crippen LogP contribution >= 0.6 is 23.4 Å². The van der Waals surface area contributed by atoms with E-state index in [-0.39, 0.29) is 0 Å². The lowest BCUT2D eigenvalue weighted by Crippen LogP contribution is -2.32. The fraction of sp³-hybridized carbons (Fsp3) is 0.714. The summed E-state index contributed by atoms with van der Waals surface area (Å²) in [5, 5.41) is 0.400. The average Bonchev–Trinajstić information content (AvgIpc) is 2.70. The summed E-state index contributed by atoms with van der Waals surface area (Å²) < 4.78 is 0. The van der Waals surface area contributed by atoms with Crippen molar-refractivity contribution in [3.05, 3.63) is 11.0 Å². The van der Waals surface area contributed by atoms with Crippen molar-refractivity contribution in [1.29, 1.82) is 0 Å². The first-order valence-corrected chi connectivity index (χ1v) is 8.54. The lowest BCUT2D eigenvalue weighted by atomic mass is 10.1. The summed E-state index contributed by atoms with van der Waals surface area (Å²) in [6.45, 7) is 0. The van der Waals surface area contributed by atoms with Gasteiger partial charge in [0.05, 0.1) is 10.6 Å². The molecule has 0 radical (unpaired) electrons. The molecule has 2 aliphatic rings. The monoisotopic (exact) mass is 297 g/mol. The van der Waals surface area contributed by atoms with E-state index in [1.54, 1.807) is 0 Å². The standard InChI is InChI=1S/C14H20ClN3S/c1-18(10-6-4-2-3-5-7-10)13-12-11(8-9-19-12)16-14(15)17-13/h10H,2-9H2,1H3. The molecule has 0 unspecified atom stereocenters. The molecule has 0 N–H and O–H groups in total. The van der Waals surface area contributed by atoms with E-state index in [0.29, 0.717) is 11.3 Å². The highest BCUT2D eigenvalue weighted by atomic mass is 35.5. The summed E-state index contributed by atoms with van der Waals surface area (Å²) in [6, 6.07) is 0.610. The molecule has 0 bridgehead atoms. The van der Waals surface area contributed by atoms with Gasteiger partial charge in [0.2, 0.25) is 5.28 Å². The maximum atomic E-state index is 6.09. The van der Waals surface area contributed by atoms with Gasteiger partial charge in [-0.2, -0.15) is 4.98 Å². The topological polar surface area (TPSA) is 29.0 Å². The molecule has 1 aromatic heterocycles. The molecule has 3 rings (SSSR count). The summed E-state index contributed by atoms with van der Waals surface area (Å²) in [7, 11) is 2.17. The zero-order chi connectivity index (χ0) is 13.2. The SMILES string of the molecule is CN(c1nc(Cl)nc2c1SCC2)C1CCCCCC1. The minimum atomic E-state index is 0.400. The molecule has 3 nitrogen and oxygen atoms in total. The van der Waals surface area contributed by atoms with E-state index in [4.69, 9.17) is 11.6 Å². The smallest absolute Gasteiger partial charge is 0.224 e. The maximum Gasteiger partial charge on any atom is 0.224 e. The Morgan fingerprint density at radius 3 is 2.63 bits per heavy atom. The third-order valence-corrected chi connectivity index (χ3v) is 5.47. The normalized spacial score (nSPS) is 20.1. The fourth-order valence-corrected chi connectivity index (χ4v) is 4.39. The van der Waals surface area contributed by atoms with Gasteiger partial charge in [0, 0.05) is 25.3 Å². The van der Waals surface area contributed by atoms with Crippen LogP contribution in [0.15, 0.2) is 4.90 Å². The van der Waals surface area contributed by atoms with Crippen LogP contribution in [0, 0.1) is 0 Å². The van der Waals surface area contributed by atoms with Crippen molar-refractivity contribution in [1.82, 2.24) is 9.97 Å². The lowest BCUT2D eigenvalue weighted by molar-refractivity contribution is 0.545. The van der Waals surface area contributed by atoms with Crippen LogP contribution in [-0.2, 0) is 6.42 Å². The van der Waals surface area contributed by atoms with E-state index < -0.39 is 0 Å². The van der Waals surface area contributed by atoms with Crippen molar-refractivity contribution >= 4 is 29.2 Å². The Bertz CT molecular complexity index is 458. The first-order chi connectivity index (χ1) is 9.25. The highest BCUT2D eigenvalue weighted by Crippen LogP contribution is 2.39. The van der Waals surface area contributed by atoms with Crippen LogP contribution in [0.3, 0.4) is 0 Å². The number of anilines is 1. The van der Waals surface area contributed by atoms with Gasteiger partial charge >= 0.3 is 0 Å². The molecule has 1 aliphatic heterocycles. The summed E-state index contributed by atoms with van der Waals surface area (Å²) in [6.07, 6.45) is 9.00. The molecule has 5 heteroatoms. The molecule has 1 saturated carbocycles. The largest absolute Gasteiger partial charge is 0.356 e. The number of thioether (sulfide) groups is 1. The third-order valence-electron chi connectivity index (χ3n) is 4.18. The van der Waals surface area contributed by atoms with Gasteiger partial charge in [-0.05, 0) is 24.4 Å². The molecule has 1 aliphatic carbocycles. The van der Waals surface area contributed by atoms with Gasteiger partial charge in [-0.15, -0.1) is 11.8 Å². The van der Waals surface area contributed by atoms with Gasteiger partial charge in [-0.3, -0.25) is 0 Å². The zero-order valence-electron chi connectivity index (χ0n) is 11.4. The molecule has 0 aromatic carbocycles. The second kappa shape index (κ2) is 5.88. The number of rotatable bonds is 2. The Kier molecular flexibility index (Phi) is 4.18. The second-order valence-corrected chi connectivity index (χ2v) is 6.89. The molecule has 2 heterocycles. The van der Waals surface area contributed by atoms with Crippen molar-refractivity contribution < 1.29 is 0 Å². The average molecular weight is 298 g/mol. The minimum absolute atomic E-state index is 0.400. The Morgan fingerprint density at radius 1 is 1.16 bits per heavy atom. The van der Waals surface area contributed by atoms with Crippen molar-refractivity contribution in [2.45, 2.75) is 55.9 Å². The predicted molar refractivity (Wildman–Crippen MR) is 81.4 cm³/mol. The van der Waals surface area contributed by atoms with Crippen molar-refractivity contribution in [3.63, 3.8) is 0 Å². The molecule has 1 aromatic rings. The Morgan fingerprint density at radius 2 is 1.89 bits per heavy atom. The molecule has 0 amide bonds. The summed E-state index contributed by atoms with van der Waals surface area (Å²) in [4.78, 5) is 12.5. The van der Waals surface area contributed by atoms with Gasteiger partial charge in [-0.1, -0.05) is 25.7 Å². The summed E-state index contributed by atoms with van der Waals surface area (Å²) in [5.74, 6) is 2.17. The number of fused-ring (bicyclic) bond motifs is 1. The van der Waals surface area contributed by atoms with E-state index in [1.165, 1.54) is 43.4 Å². The predicted octanol–water partition coefficient (Wildman–Crippen LogP) is 3.94. The van der Waals surface area contributed by atoms with Crippen LogP contribution in [0.5, 0.6) is 0 Å². The Labute approximate surface area is 124 Å². The first kappa shape index (κ1) is 13.5. The van der Waals surface area contributed by atoms with Crippen LogP contribution in [0.25, 0.3) is 0 Å². The molecule has 19 heavy (non-hydrogen) atoms. The number of aromatic nitrogens is 2. The number of hydrogen-bond acceptors (Lipinski definition) is 4. The van der Waals surface area contributed by atoms with E-state index in [9.17, 15) is 0 Å². The lowest BCUT2D eigenvalue weighted by Gasteiger charge is -2.29. The third kappa shape index (κ3) is 2.84. The van der Waals surface area contributed by atoms with Gasteiger partial charge in [0.15, 0.2) is 0 Å². The van der Waals surface area contributed by atoms with Crippen LogP contribution in [0.2, 0.25) is 5.28 Å². The van der Waals surface area contributed by atoms with Gasteiger partial charge < -0.3 is 4.90 Å². The number of nitrogens with zero attached hydrogens (tertiary/aromatic N) is 3. The highest BCUT2D eigenvalue weighted by Gasteiger charge is 2.25. The summed E-state index contributed by atoms with van der Waals surface area (Å²) in [5.41, 5.74) is 1.14. The van der Waals surface area contributed by atoms with Crippen molar-refractivity contribution in [3.8, 4) is 0 Å². The van der Waals surface area contributed by atoms with Crippen LogP contribution in [-0.4, -0.2) is 28.8 Å². The second-order valence-electron chi connectivity index (χ2n) is 5.45. The van der Waals surface area contributed by atoms with E-state index >= 15 is 0 Å². The molecule has 0 atom stereocenters. The van der Waals surface area contributed by atoms with Crippen LogP contribution in [0.4, 0.5) is 5.82 Å². The van der Waals surface area contributed by atoms with Gasteiger partial charge in [0.25, 0.3) is 0 Å². The molecule has 0 spiro atoms. The first-order valence-electron chi connectivity index (χ1n) is 7.18. The van der Waals surface area contributed by atoms with E-state index in [2.05, 4.69) is 21.9 Å². The Balaban J connectivity index is 1.88. The van der Waals surface area contributed by atoms with Crippen LogP contribution < -0.4 is 4.90 Å².